The Labute approximate surface area is 97.8 Å². The van der Waals surface area contributed by atoms with Gasteiger partial charge >= 0.3 is 5.97 Å². The second kappa shape index (κ2) is 3.64. The molecule has 2 rings (SSSR count). The first-order valence-corrected chi connectivity index (χ1v) is 6.03. The van der Waals surface area contributed by atoms with Crippen molar-refractivity contribution in [2.24, 2.45) is 0 Å². The predicted molar refractivity (Wildman–Crippen MR) is 64.5 cm³/mol. The van der Waals surface area contributed by atoms with Gasteiger partial charge in [-0.3, -0.25) is 0 Å². The number of hydrogen-bond donors (Lipinski definition) is 1. The summed E-state index contributed by atoms with van der Waals surface area (Å²) in [6.07, 6.45) is 2.72. The molecule has 0 amide bonds. The largest absolute Gasteiger partial charge is 0.477 e. The van der Waals surface area contributed by atoms with Crippen LogP contribution < -0.4 is 0 Å². The molecule has 0 unspecified atom stereocenters. The zero-order valence-electron chi connectivity index (χ0n) is 8.48. The number of rotatable bonds is 2. The van der Waals surface area contributed by atoms with E-state index in [1.54, 1.807) is 16.7 Å². The van der Waals surface area contributed by atoms with Gasteiger partial charge in [0.15, 0.2) is 0 Å². The van der Waals surface area contributed by atoms with Gasteiger partial charge in [-0.2, -0.15) is 0 Å². The van der Waals surface area contributed by atoms with Gasteiger partial charge < -0.3 is 10.0 Å². The minimum Gasteiger partial charge on any atom is -0.477 e. The van der Waals surface area contributed by atoms with Crippen LogP contribution in [-0.2, 0) is 4.79 Å². The van der Waals surface area contributed by atoms with Crippen molar-refractivity contribution in [1.29, 1.82) is 0 Å². The Balaban J connectivity index is 2.38. The van der Waals surface area contributed by atoms with E-state index in [4.69, 9.17) is 17.3 Å². The SMILES string of the molecule is C/C=C1/C(=S)N2C(C(=O)O)=C(CC)S[C@@H]12. The minimum atomic E-state index is -0.876. The molecular formula is C10H11NO2S2. The molecule has 3 nitrogen and oxygen atoms in total. The fraction of sp³-hybridized carbons (Fsp3) is 0.400. The summed E-state index contributed by atoms with van der Waals surface area (Å²) in [7, 11) is 0. The van der Waals surface area contributed by atoms with Crippen molar-refractivity contribution in [3.8, 4) is 0 Å². The smallest absolute Gasteiger partial charge is 0.353 e. The Bertz CT molecular complexity index is 412. The van der Waals surface area contributed by atoms with E-state index in [0.717, 1.165) is 16.9 Å². The Hall–Kier alpha value is -0.810. The van der Waals surface area contributed by atoms with Crippen LogP contribution in [0.5, 0.6) is 0 Å². The molecule has 2 heterocycles. The number of carboxylic acids is 1. The third-order valence-corrected chi connectivity index (χ3v) is 4.45. The van der Waals surface area contributed by atoms with E-state index in [1.807, 2.05) is 19.9 Å². The molecule has 1 N–H and O–H groups in total. The molecule has 0 aromatic rings. The molecular weight excluding hydrogens is 230 g/mol. The predicted octanol–water partition coefficient (Wildman–Crippen LogP) is 2.35. The zero-order valence-corrected chi connectivity index (χ0v) is 10.1. The number of hydrogen-bond acceptors (Lipinski definition) is 3. The van der Waals surface area contributed by atoms with E-state index in [-0.39, 0.29) is 5.37 Å². The number of aliphatic carboxylic acids is 1. The van der Waals surface area contributed by atoms with Crippen molar-refractivity contribution in [3.63, 3.8) is 0 Å². The number of carbonyl (C=O) groups is 1. The molecule has 0 aliphatic carbocycles. The van der Waals surface area contributed by atoms with Crippen LogP contribution >= 0.6 is 24.0 Å². The fourth-order valence-corrected chi connectivity index (χ4v) is 3.82. The molecule has 0 spiro atoms. The number of fused-ring (bicyclic) bond motifs is 1. The van der Waals surface area contributed by atoms with Gasteiger partial charge in [-0.05, 0) is 13.3 Å². The minimum absolute atomic E-state index is 0.114. The van der Waals surface area contributed by atoms with Gasteiger partial charge in [0.25, 0.3) is 0 Å². The molecule has 0 saturated carbocycles. The quantitative estimate of drug-likeness (QED) is 0.593. The number of nitrogens with zero attached hydrogens (tertiary/aromatic N) is 1. The lowest BCUT2D eigenvalue weighted by Crippen LogP contribution is -2.50. The molecule has 1 fully saturated rings. The van der Waals surface area contributed by atoms with Gasteiger partial charge in [-0.15, -0.1) is 0 Å². The van der Waals surface area contributed by atoms with E-state index in [0.29, 0.717) is 10.7 Å². The highest BCUT2D eigenvalue weighted by atomic mass is 32.2. The average Bonchev–Trinajstić information content (AvgIpc) is 2.53. The van der Waals surface area contributed by atoms with Crippen LogP contribution in [0.1, 0.15) is 20.3 Å². The zero-order chi connectivity index (χ0) is 11.2. The Kier molecular flexibility index (Phi) is 2.60. The van der Waals surface area contributed by atoms with Crippen LogP contribution in [0, 0.1) is 0 Å². The van der Waals surface area contributed by atoms with Crippen LogP contribution in [0.15, 0.2) is 22.3 Å². The maximum atomic E-state index is 11.1. The molecule has 2 aliphatic rings. The summed E-state index contributed by atoms with van der Waals surface area (Å²) < 4.78 is 0. The summed E-state index contributed by atoms with van der Waals surface area (Å²) >= 11 is 6.79. The number of allylic oxidation sites excluding steroid dienone is 2. The summed E-state index contributed by atoms with van der Waals surface area (Å²) in [4.78, 5) is 14.4. The lowest BCUT2D eigenvalue weighted by Gasteiger charge is -2.40. The van der Waals surface area contributed by atoms with Crippen LogP contribution in [0.4, 0.5) is 0 Å². The first-order chi connectivity index (χ1) is 7.11. The fourth-order valence-electron chi connectivity index (χ4n) is 1.82. The van der Waals surface area contributed by atoms with E-state index >= 15 is 0 Å². The third kappa shape index (κ3) is 1.33. The van der Waals surface area contributed by atoms with Crippen LogP contribution in [0.2, 0.25) is 0 Å². The lowest BCUT2D eigenvalue weighted by molar-refractivity contribution is -0.134. The molecule has 15 heavy (non-hydrogen) atoms. The molecule has 80 valence electrons. The highest BCUT2D eigenvalue weighted by Crippen LogP contribution is 2.50. The van der Waals surface area contributed by atoms with Gasteiger partial charge in [-0.1, -0.05) is 37.0 Å². The van der Waals surface area contributed by atoms with Crippen molar-refractivity contribution in [2.45, 2.75) is 25.6 Å². The van der Waals surface area contributed by atoms with Crippen molar-refractivity contribution in [2.75, 3.05) is 0 Å². The highest BCUT2D eigenvalue weighted by Gasteiger charge is 2.48. The molecule has 0 aromatic carbocycles. The Morgan fingerprint density at radius 1 is 1.73 bits per heavy atom. The van der Waals surface area contributed by atoms with Gasteiger partial charge in [0, 0.05) is 10.5 Å². The third-order valence-electron chi connectivity index (χ3n) is 2.56. The van der Waals surface area contributed by atoms with Crippen LogP contribution in [-0.4, -0.2) is 26.3 Å². The number of thiocarbonyl (C=S) groups is 1. The van der Waals surface area contributed by atoms with E-state index in [2.05, 4.69) is 0 Å². The normalized spacial score (nSPS) is 27.1. The Morgan fingerprint density at radius 2 is 2.40 bits per heavy atom. The molecule has 1 saturated heterocycles. The summed E-state index contributed by atoms with van der Waals surface area (Å²) in [5, 5.41) is 9.24. The van der Waals surface area contributed by atoms with Crippen molar-refractivity contribution in [3.05, 3.63) is 22.3 Å². The summed E-state index contributed by atoms with van der Waals surface area (Å²) in [6.45, 7) is 3.90. The van der Waals surface area contributed by atoms with Gasteiger partial charge in [0.1, 0.15) is 16.1 Å². The molecule has 0 radical (unpaired) electrons. The highest BCUT2D eigenvalue weighted by molar-refractivity contribution is 8.04. The summed E-state index contributed by atoms with van der Waals surface area (Å²) in [6, 6.07) is 0. The maximum Gasteiger partial charge on any atom is 0.353 e. The van der Waals surface area contributed by atoms with E-state index in [9.17, 15) is 4.79 Å². The van der Waals surface area contributed by atoms with Gasteiger partial charge in [-0.25, -0.2) is 4.79 Å². The summed E-state index contributed by atoms with van der Waals surface area (Å²) in [5.41, 5.74) is 1.46. The molecule has 0 aromatic heterocycles. The molecule has 0 bridgehead atoms. The van der Waals surface area contributed by atoms with Crippen LogP contribution in [0.25, 0.3) is 0 Å². The van der Waals surface area contributed by atoms with E-state index < -0.39 is 5.97 Å². The van der Waals surface area contributed by atoms with Gasteiger partial charge in [0.05, 0.1) is 0 Å². The van der Waals surface area contributed by atoms with Crippen molar-refractivity contribution in [1.82, 2.24) is 4.90 Å². The summed E-state index contributed by atoms with van der Waals surface area (Å²) in [5.74, 6) is -0.876. The first-order valence-electron chi connectivity index (χ1n) is 4.74. The van der Waals surface area contributed by atoms with E-state index in [1.165, 1.54) is 0 Å². The van der Waals surface area contributed by atoms with Crippen molar-refractivity contribution < 1.29 is 9.90 Å². The number of carboxylic acid groups (broad SMARTS) is 1. The van der Waals surface area contributed by atoms with Crippen molar-refractivity contribution >= 4 is 34.9 Å². The lowest BCUT2D eigenvalue weighted by atomic mass is 10.1. The second-order valence-electron chi connectivity index (χ2n) is 3.32. The molecule has 2 aliphatic heterocycles. The maximum absolute atomic E-state index is 11.1. The monoisotopic (exact) mass is 241 g/mol. The topological polar surface area (TPSA) is 40.5 Å². The standard InChI is InChI=1S/C10H11NO2S2/c1-3-5-8(14)11-7(10(12)13)6(4-2)15-9(5)11/h3,9H,4H2,1-2H3,(H,12,13)/b5-3-/t9-/m0/s1. The average molecular weight is 241 g/mol. The Morgan fingerprint density at radius 3 is 2.87 bits per heavy atom. The first kappa shape index (κ1) is 10.7. The van der Waals surface area contributed by atoms with Gasteiger partial charge in [0.2, 0.25) is 0 Å². The molecule has 5 heteroatoms. The number of thioether (sulfide) groups is 1. The molecule has 1 atom stereocenters. The van der Waals surface area contributed by atoms with Crippen LogP contribution in [0.3, 0.4) is 0 Å². The second-order valence-corrected chi connectivity index (χ2v) is 4.88.